The SMILES string of the molecule is CC[C@H](CO)NS(=O)(=O)N1CC(C)CC(C)C1. The number of nitrogens with one attached hydrogen (secondary N) is 1. The van der Waals surface area contributed by atoms with Gasteiger partial charge in [-0.15, -0.1) is 0 Å². The molecule has 3 atom stereocenters. The van der Waals surface area contributed by atoms with Gasteiger partial charge in [0.2, 0.25) is 0 Å². The highest BCUT2D eigenvalue weighted by molar-refractivity contribution is 7.87. The Bertz CT molecular complexity index is 318. The Morgan fingerprint density at radius 3 is 2.29 bits per heavy atom. The van der Waals surface area contributed by atoms with Crippen molar-refractivity contribution in [1.82, 2.24) is 9.03 Å². The largest absolute Gasteiger partial charge is 0.395 e. The molecule has 6 heteroatoms. The van der Waals surface area contributed by atoms with Crippen LogP contribution in [-0.2, 0) is 10.2 Å². The van der Waals surface area contributed by atoms with Gasteiger partial charge in [-0.3, -0.25) is 0 Å². The standard InChI is InChI=1S/C11H24N2O3S/c1-4-11(8-14)12-17(15,16)13-6-9(2)5-10(3)7-13/h9-12,14H,4-8H2,1-3H3/t9?,10?,11-/m1/s1. The van der Waals surface area contributed by atoms with Crippen molar-refractivity contribution in [1.29, 1.82) is 0 Å². The highest BCUT2D eigenvalue weighted by Gasteiger charge is 2.31. The fourth-order valence-corrected chi connectivity index (χ4v) is 4.05. The Morgan fingerprint density at radius 1 is 1.35 bits per heavy atom. The number of nitrogens with zero attached hydrogens (tertiary/aromatic N) is 1. The lowest BCUT2D eigenvalue weighted by atomic mass is 9.94. The second-order valence-corrected chi connectivity index (χ2v) is 6.88. The van der Waals surface area contributed by atoms with Crippen LogP contribution in [0.3, 0.4) is 0 Å². The van der Waals surface area contributed by atoms with E-state index in [2.05, 4.69) is 18.6 Å². The van der Waals surface area contributed by atoms with Crippen LogP contribution in [0, 0.1) is 11.8 Å². The molecule has 0 radical (unpaired) electrons. The monoisotopic (exact) mass is 264 g/mol. The molecule has 0 amide bonds. The van der Waals surface area contributed by atoms with Crippen LogP contribution < -0.4 is 4.72 Å². The van der Waals surface area contributed by atoms with Gasteiger partial charge in [0.05, 0.1) is 6.61 Å². The fraction of sp³-hybridized carbons (Fsp3) is 1.00. The van der Waals surface area contributed by atoms with Crippen molar-refractivity contribution < 1.29 is 13.5 Å². The first kappa shape index (κ1) is 14.9. The second-order valence-electron chi connectivity index (χ2n) is 5.17. The zero-order chi connectivity index (χ0) is 13.1. The van der Waals surface area contributed by atoms with Gasteiger partial charge in [-0.25, -0.2) is 0 Å². The Kier molecular flexibility index (Phi) is 5.37. The summed E-state index contributed by atoms with van der Waals surface area (Å²) < 4.78 is 28.3. The first-order chi connectivity index (χ1) is 7.89. The Morgan fingerprint density at radius 2 is 1.88 bits per heavy atom. The van der Waals surface area contributed by atoms with Gasteiger partial charge >= 0.3 is 0 Å². The van der Waals surface area contributed by atoms with E-state index in [0.29, 0.717) is 31.3 Å². The molecule has 1 fully saturated rings. The van der Waals surface area contributed by atoms with E-state index in [1.807, 2.05) is 6.92 Å². The summed E-state index contributed by atoms with van der Waals surface area (Å²) in [5, 5.41) is 9.05. The van der Waals surface area contributed by atoms with Crippen molar-refractivity contribution in [2.24, 2.45) is 11.8 Å². The summed E-state index contributed by atoms with van der Waals surface area (Å²) in [6, 6.07) is -0.382. The molecule has 0 saturated carbocycles. The van der Waals surface area contributed by atoms with Crippen LogP contribution in [0.4, 0.5) is 0 Å². The molecule has 0 aromatic rings. The summed E-state index contributed by atoms with van der Waals surface area (Å²) >= 11 is 0. The second kappa shape index (κ2) is 6.13. The van der Waals surface area contributed by atoms with E-state index in [1.54, 1.807) is 0 Å². The molecule has 1 saturated heterocycles. The summed E-state index contributed by atoms with van der Waals surface area (Å²) in [4.78, 5) is 0. The molecule has 2 unspecified atom stereocenters. The molecule has 102 valence electrons. The first-order valence-electron chi connectivity index (χ1n) is 6.27. The van der Waals surface area contributed by atoms with Crippen molar-refractivity contribution in [2.75, 3.05) is 19.7 Å². The molecule has 1 aliphatic heterocycles. The molecule has 1 heterocycles. The Hall–Kier alpha value is -0.170. The molecular weight excluding hydrogens is 240 g/mol. The lowest BCUT2D eigenvalue weighted by Crippen LogP contribution is -2.51. The van der Waals surface area contributed by atoms with Crippen LogP contribution in [0.1, 0.15) is 33.6 Å². The van der Waals surface area contributed by atoms with E-state index in [-0.39, 0.29) is 12.6 Å². The topological polar surface area (TPSA) is 69.6 Å². The number of hydrogen-bond acceptors (Lipinski definition) is 3. The summed E-state index contributed by atoms with van der Waals surface area (Å²) in [6.45, 7) is 6.98. The highest BCUT2D eigenvalue weighted by Crippen LogP contribution is 2.22. The molecule has 0 aliphatic carbocycles. The molecular formula is C11H24N2O3S. The van der Waals surface area contributed by atoms with Gasteiger partial charge in [-0.2, -0.15) is 17.4 Å². The minimum atomic E-state index is -3.45. The normalized spacial score (nSPS) is 29.2. The van der Waals surface area contributed by atoms with Crippen LogP contribution in [-0.4, -0.2) is 43.6 Å². The van der Waals surface area contributed by atoms with Crippen molar-refractivity contribution in [3.63, 3.8) is 0 Å². The van der Waals surface area contributed by atoms with Gasteiger partial charge in [-0.1, -0.05) is 20.8 Å². The van der Waals surface area contributed by atoms with Gasteiger partial charge in [-0.05, 0) is 24.7 Å². The Labute approximate surface area is 104 Å². The number of hydrogen-bond donors (Lipinski definition) is 2. The minimum absolute atomic E-state index is 0.158. The molecule has 5 nitrogen and oxygen atoms in total. The molecule has 0 aromatic carbocycles. The van der Waals surface area contributed by atoms with Crippen LogP contribution in [0.2, 0.25) is 0 Å². The number of aliphatic hydroxyl groups is 1. The fourth-order valence-electron chi connectivity index (χ4n) is 2.34. The zero-order valence-electron chi connectivity index (χ0n) is 10.9. The van der Waals surface area contributed by atoms with Crippen molar-refractivity contribution in [3.05, 3.63) is 0 Å². The molecule has 0 spiro atoms. The summed E-state index contributed by atoms with van der Waals surface area (Å²) in [6.07, 6.45) is 1.66. The molecule has 0 aromatic heterocycles. The van der Waals surface area contributed by atoms with Crippen LogP contribution in [0.15, 0.2) is 0 Å². The van der Waals surface area contributed by atoms with Crippen LogP contribution >= 0.6 is 0 Å². The average Bonchev–Trinajstić information content (AvgIpc) is 2.24. The zero-order valence-corrected chi connectivity index (χ0v) is 11.7. The van der Waals surface area contributed by atoms with Crippen molar-refractivity contribution in [2.45, 2.75) is 39.7 Å². The molecule has 0 bridgehead atoms. The lowest BCUT2D eigenvalue weighted by Gasteiger charge is -2.34. The van der Waals surface area contributed by atoms with Gasteiger partial charge in [0.15, 0.2) is 0 Å². The summed E-state index contributed by atoms with van der Waals surface area (Å²) in [5.74, 6) is 0.786. The van der Waals surface area contributed by atoms with Crippen LogP contribution in [0.5, 0.6) is 0 Å². The van der Waals surface area contributed by atoms with Gasteiger partial charge < -0.3 is 5.11 Å². The molecule has 2 N–H and O–H groups in total. The van der Waals surface area contributed by atoms with Crippen LogP contribution in [0.25, 0.3) is 0 Å². The molecule has 1 rings (SSSR count). The number of aliphatic hydroxyl groups excluding tert-OH is 1. The van der Waals surface area contributed by atoms with Crippen molar-refractivity contribution >= 4 is 10.2 Å². The predicted molar refractivity (Wildman–Crippen MR) is 67.7 cm³/mol. The lowest BCUT2D eigenvalue weighted by molar-refractivity contribution is 0.213. The van der Waals surface area contributed by atoms with E-state index >= 15 is 0 Å². The van der Waals surface area contributed by atoms with Crippen molar-refractivity contribution in [3.8, 4) is 0 Å². The third-order valence-corrected chi connectivity index (χ3v) is 4.81. The van der Waals surface area contributed by atoms with E-state index in [9.17, 15) is 8.42 Å². The van der Waals surface area contributed by atoms with E-state index in [0.717, 1.165) is 6.42 Å². The van der Waals surface area contributed by atoms with Gasteiger partial charge in [0.1, 0.15) is 0 Å². The number of rotatable bonds is 5. The maximum atomic E-state index is 12.1. The number of piperidine rings is 1. The Balaban J connectivity index is 2.69. The molecule has 17 heavy (non-hydrogen) atoms. The average molecular weight is 264 g/mol. The maximum Gasteiger partial charge on any atom is 0.279 e. The van der Waals surface area contributed by atoms with E-state index in [1.165, 1.54) is 4.31 Å². The van der Waals surface area contributed by atoms with E-state index in [4.69, 9.17) is 5.11 Å². The van der Waals surface area contributed by atoms with Gasteiger partial charge in [0.25, 0.3) is 10.2 Å². The maximum absolute atomic E-state index is 12.1. The third-order valence-electron chi connectivity index (χ3n) is 3.20. The molecule has 1 aliphatic rings. The highest BCUT2D eigenvalue weighted by atomic mass is 32.2. The summed E-state index contributed by atoms with van der Waals surface area (Å²) in [5.41, 5.74) is 0. The smallest absolute Gasteiger partial charge is 0.279 e. The predicted octanol–water partition coefficient (Wildman–Crippen LogP) is 0.570. The summed E-state index contributed by atoms with van der Waals surface area (Å²) in [7, 11) is -3.45. The third kappa shape index (κ3) is 4.21. The quantitative estimate of drug-likeness (QED) is 0.763. The minimum Gasteiger partial charge on any atom is -0.395 e. The first-order valence-corrected chi connectivity index (χ1v) is 7.71. The van der Waals surface area contributed by atoms with E-state index < -0.39 is 10.2 Å². The van der Waals surface area contributed by atoms with Gasteiger partial charge in [0, 0.05) is 19.1 Å².